The first-order valence-electron chi connectivity index (χ1n) is 8.50. The Morgan fingerprint density at radius 3 is 2.35 bits per heavy atom. The van der Waals surface area contributed by atoms with Crippen molar-refractivity contribution in [2.75, 3.05) is 7.11 Å². The standard InChI is InChI=1S/C23H19NO2/c1-24-14-21(20-9-5-7-16-6-3-4-8-19(16)20)22(15-24)23(25)17-10-12-18(26-2)13-11-17/h3-15H,1-2H3. The van der Waals surface area contributed by atoms with Gasteiger partial charge in [0.15, 0.2) is 5.78 Å². The first-order chi connectivity index (χ1) is 12.7. The van der Waals surface area contributed by atoms with Crippen LogP contribution in [0.15, 0.2) is 79.1 Å². The Hall–Kier alpha value is -3.33. The fourth-order valence-corrected chi connectivity index (χ4v) is 3.34. The van der Waals surface area contributed by atoms with Crippen LogP contribution in [-0.2, 0) is 7.05 Å². The van der Waals surface area contributed by atoms with Crippen LogP contribution in [0.3, 0.4) is 0 Å². The van der Waals surface area contributed by atoms with Crippen molar-refractivity contribution in [1.29, 1.82) is 0 Å². The minimum Gasteiger partial charge on any atom is -0.497 e. The molecule has 1 heterocycles. The number of ketones is 1. The summed E-state index contributed by atoms with van der Waals surface area (Å²) >= 11 is 0. The van der Waals surface area contributed by atoms with E-state index in [4.69, 9.17) is 4.74 Å². The average Bonchev–Trinajstić information content (AvgIpc) is 3.08. The zero-order chi connectivity index (χ0) is 18.1. The number of aryl methyl sites for hydroxylation is 1. The smallest absolute Gasteiger partial charge is 0.195 e. The zero-order valence-corrected chi connectivity index (χ0v) is 14.8. The molecule has 0 atom stereocenters. The maximum absolute atomic E-state index is 13.1. The summed E-state index contributed by atoms with van der Waals surface area (Å²) in [7, 11) is 3.56. The fraction of sp³-hybridized carbons (Fsp3) is 0.0870. The summed E-state index contributed by atoms with van der Waals surface area (Å²) in [5, 5.41) is 2.31. The molecule has 0 aliphatic carbocycles. The van der Waals surface area contributed by atoms with Gasteiger partial charge in [0.2, 0.25) is 0 Å². The Bertz CT molecular complexity index is 1090. The highest BCUT2D eigenvalue weighted by Crippen LogP contribution is 2.32. The summed E-state index contributed by atoms with van der Waals surface area (Å²) in [4.78, 5) is 13.1. The Kier molecular flexibility index (Phi) is 4.05. The molecule has 0 spiro atoms. The highest BCUT2D eigenvalue weighted by Gasteiger charge is 2.18. The maximum atomic E-state index is 13.1. The molecule has 0 bridgehead atoms. The van der Waals surface area contributed by atoms with Crippen molar-refractivity contribution in [3.8, 4) is 16.9 Å². The first-order valence-corrected chi connectivity index (χ1v) is 8.50. The van der Waals surface area contributed by atoms with E-state index in [1.807, 2.05) is 54.3 Å². The maximum Gasteiger partial charge on any atom is 0.195 e. The van der Waals surface area contributed by atoms with E-state index in [1.54, 1.807) is 19.2 Å². The minimum atomic E-state index is 0.0104. The Balaban J connectivity index is 1.85. The molecule has 0 fully saturated rings. The number of hydrogen-bond donors (Lipinski definition) is 0. The Morgan fingerprint density at radius 2 is 1.58 bits per heavy atom. The van der Waals surface area contributed by atoms with Crippen molar-refractivity contribution in [2.24, 2.45) is 7.05 Å². The number of carbonyl (C=O) groups is 1. The predicted octanol–water partition coefficient (Wildman–Crippen LogP) is 5.08. The summed E-state index contributed by atoms with van der Waals surface area (Å²) in [6.07, 6.45) is 3.90. The van der Waals surface area contributed by atoms with E-state index >= 15 is 0 Å². The predicted molar refractivity (Wildman–Crippen MR) is 105 cm³/mol. The summed E-state index contributed by atoms with van der Waals surface area (Å²) in [5.41, 5.74) is 3.37. The lowest BCUT2D eigenvalue weighted by molar-refractivity contribution is 0.103. The van der Waals surface area contributed by atoms with E-state index in [9.17, 15) is 4.79 Å². The van der Waals surface area contributed by atoms with Crippen molar-refractivity contribution in [3.05, 3.63) is 90.3 Å². The number of methoxy groups -OCH3 is 1. The van der Waals surface area contributed by atoms with Crippen LogP contribution in [0.1, 0.15) is 15.9 Å². The molecule has 0 amide bonds. The van der Waals surface area contributed by atoms with Crippen molar-refractivity contribution in [3.63, 3.8) is 0 Å². The van der Waals surface area contributed by atoms with Gasteiger partial charge in [-0.1, -0.05) is 42.5 Å². The summed E-state index contributed by atoms with van der Waals surface area (Å²) in [5.74, 6) is 0.750. The van der Waals surface area contributed by atoms with Gasteiger partial charge in [-0.05, 0) is 40.6 Å². The van der Waals surface area contributed by atoms with Crippen molar-refractivity contribution in [1.82, 2.24) is 4.57 Å². The second kappa shape index (κ2) is 6.52. The third-order valence-corrected chi connectivity index (χ3v) is 4.63. The summed E-state index contributed by atoms with van der Waals surface area (Å²) in [6.45, 7) is 0. The van der Waals surface area contributed by atoms with Crippen molar-refractivity contribution >= 4 is 16.6 Å². The molecule has 4 rings (SSSR count). The molecule has 4 aromatic rings. The van der Waals surface area contributed by atoms with Crippen LogP contribution >= 0.6 is 0 Å². The van der Waals surface area contributed by atoms with Gasteiger partial charge in [-0.25, -0.2) is 0 Å². The van der Waals surface area contributed by atoms with E-state index < -0.39 is 0 Å². The van der Waals surface area contributed by atoms with Crippen LogP contribution in [0.4, 0.5) is 0 Å². The molecule has 26 heavy (non-hydrogen) atoms. The van der Waals surface area contributed by atoms with Gasteiger partial charge in [0.1, 0.15) is 5.75 Å². The van der Waals surface area contributed by atoms with Crippen LogP contribution in [0.5, 0.6) is 5.75 Å². The van der Waals surface area contributed by atoms with Gasteiger partial charge in [0.25, 0.3) is 0 Å². The number of nitrogens with zero attached hydrogens (tertiary/aromatic N) is 1. The molecule has 1 aromatic heterocycles. The summed E-state index contributed by atoms with van der Waals surface area (Å²) in [6, 6.07) is 21.7. The van der Waals surface area contributed by atoms with Crippen LogP contribution in [-0.4, -0.2) is 17.5 Å². The molecule has 0 radical (unpaired) electrons. The lowest BCUT2D eigenvalue weighted by atomic mass is 9.94. The monoisotopic (exact) mass is 341 g/mol. The van der Waals surface area contributed by atoms with Gasteiger partial charge in [0, 0.05) is 36.1 Å². The number of rotatable bonds is 4. The van der Waals surface area contributed by atoms with E-state index in [0.29, 0.717) is 11.1 Å². The molecule has 3 heteroatoms. The SMILES string of the molecule is COc1ccc(C(=O)c2cn(C)cc2-c2cccc3ccccc23)cc1. The second-order valence-electron chi connectivity index (χ2n) is 6.34. The van der Waals surface area contributed by atoms with E-state index in [0.717, 1.165) is 27.6 Å². The van der Waals surface area contributed by atoms with Crippen LogP contribution in [0, 0.1) is 0 Å². The Morgan fingerprint density at radius 1 is 0.846 bits per heavy atom. The lowest BCUT2D eigenvalue weighted by Gasteiger charge is -2.08. The van der Waals surface area contributed by atoms with Gasteiger partial charge in [0.05, 0.1) is 7.11 Å². The molecule has 0 aliphatic heterocycles. The van der Waals surface area contributed by atoms with Crippen LogP contribution in [0.2, 0.25) is 0 Å². The highest BCUT2D eigenvalue weighted by molar-refractivity contribution is 6.14. The minimum absolute atomic E-state index is 0.0104. The van der Waals surface area contributed by atoms with Crippen molar-refractivity contribution in [2.45, 2.75) is 0 Å². The third kappa shape index (κ3) is 2.78. The number of ether oxygens (including phenoxy) is 1. The van der Waals surface area contributed by atoms with E-state index in [2.05, 4.69) is 24.3 Å². The van der Waals surface area contributed by atoms with Gasteiger partial charge >= 0.3 is 0 Å². The van der Waals surface area contributed by atoms with E-state index in [-0.39, 0.29) is 5.78 Å². The first kappa shape index (κ1) is 16.2. The number of benzene rings is 3. The zero-order valence-electron chi connectivity index (χ0n) is 14.8. The van der Waals surface area contributed by atoms with Gasteiger partial charge in [-0.3, -0.25) is 4.79 Å². The summed E-state index contributed by atoms with van der Waals surface area (Å²) < 4.78 is 7.12. The van der Waals surface area contributed by atoms with Gasteiger partial charge < -0.3 is 9.30 Å². The molecular formula is C23H19NO2. The molecule has 0 N–H and O–H groups in total. The fourth-order valence-electron chi connectivity index (χ4n) is 3.34. The largest absolute Gasteiger partial charge is 0.497 e. The van der Waals surface area contributed by atoms with Crippen LogP contribution in [0.25, 0.3) is 21.9 Å². The number of carbonyl (C=O) groups excluding carboxylic acids is 1. The second-order valence-corrected chi connectivity index (χ2v) is 6.34. The molecule has 0 saturated carbocycles. The molecular weight excluding hydrogens is 322 g/mol. The lowest BCUT2D eigenvalue weighted by Crippen LogP contribution is -2.02. The Labute approximate surface area is 152 Å². The molecule has 0 unspecified atom stereocenters. The topological polar surface area (TPSA) is 31.2 Å². The molecule has 128 valence electrons. The van der Waals surface area contributed by atoms with Crippen LogP contribution < -0.4 is 4.74 Å². The average molecular weight is 341 g/mol. The number of fused-ring (bicyclic) bond motifs is 1. The molecule has 0 saturated heterocycles. The van der Waals surface area contributed by atoms with Crippen molar-refractivity contribution < 1.29 is 9.53 Å². The van der Waals surface area contributed by atoms with Gasteiger partial charge in [-0.15, -0.1) is 0 Å². The van der Waals surface area contributed by atoms with Gasteiger partial charge in [-0.2, -0.15) is 0 Å². The molecule has 3 aromatic carbocycles. The third-order valence-electron chi connectivity index (χ3n) is 4.63. The normalized spacial score (nSPS) is 10.8. The highest BCUT2D eigenvalue weighted by atomic mass is 16.5. The number of aromatic nitrogens is 1. The molecule has 0 aliphatic rings. The van der Waals surface area contributed by atoms with E-state index in [1.165, 1.54) is 0 Å². The number of hydrogen-bond acceptors (Lipinski definition) is 2. The molecule has 3 nitrogen and oxygen atoms in total. The quantitative estimate of drug-likeness (QED) is 0.484.